The van der Waals surface area contributed by atoms with Gasteiger partial charge in [0, 0.05) is 30.0 Å². The van der Waals surface area contributed by atoms with Crippen molar-refractivity contribution < 1.29 is 0 Å². The van der Waals surface area contributed by atoms with E-state index in [0.717, 1.165) is 40.8 Å². The summed E-state index contributed by atoms with van der Waals surface area (Å²) in [7, 11) is 2.11. The summed E-state index contributed by atoms with van der Waals surface area (Å²) >= 11 is 3.41. The van der Waals surface area contributed by atoms with Gasteiger partial charge in [-0.15, -0.1) is 0 Å². The van der Waals surface area contributed by atoms with Gasteiger partial charge in [0.2, 0.25) is 0 Å². The van der Waals surface area contributed by atoms with Gasteiger partial charge in [-0.25, -0.2) is 0 Å². The molecule has 2 aromatic heterocycles. The van der Waals surface area contributed by atoms with Gasteiger partial charge < -0.3 is 10.2 Å². The van der Waals surface area contributed by atoms with Crippen molar-refractivity contribution in [2.45, 2.75) is 6.92 Å². The summed E-state index contributed by atoms with van der Waals surface area (Å²) in [4.78, 5) is 11.0. The van der Waals surface area contributed by atoms with E-state index >= 15 is 0 Å². The first-order chi connectivity index (χ1) is 8.70. The molecule has 0 saturated carbocycles. The summed E-state index contributed by atoms with van der Waals surface area (Å²) in [6.07, 6.45) is 3.61. The van der Waals surface area contributed by atoms with Crippen molar-refractivity contribution >= 4 is 32.7 Å². The van der Waals surface area contributed by atoms with Gasteiger partial charge in [0.1, 0.15) is 5.52 Å². The van der Waals surface area contributed by atoms with Crippen LogP contribution in [-0.2, 0) is 0 Å². The maximum atomic E-state index is 4.41. The number of hydrogen-bond donors (Lipinski definition) is 1. The van der Waals surface area contributed by atoms with Crippen LogP contribution in [0.3, 0.4) is 0 Å². The SMILES string of the molecule is CCN(C)CCNc1ccnc2cc(Br)cnc12. The predicted octanol–water partition coefficient (Wildman–Crippen LogP) is 2.76. The summed E-state index contributed by atoms with van der Waals surface area (Å²) in [5, 5.41) is 3.41. The van der Waals surface area contributed by atoms with Gasteiger partial charge in [0.25, 0.3) is 0 Å². The minimum atomic E-state index is 0.901. The lowest BCUT2D eigenvalue weighted by Gasteiger charge is -2.15. The quantitative estimate of drug-likeness (QED) is 0.922. The molecule has 0 atom stereocenters. The fourth-order valence-electron chi connectivity index (χ4n) is 1.69. The maximum Gasteiger partial charge on any atom is 0.112 e. The first-order valence-corrected chi connectivity index (χ1v) is 6.82. The number of pyridine rings is 2. The van der Waals surface area contributed by atoms with E-state index in [1.54, 1.807) is 6.20 Å². The number of fused-ring (bicyclic) bond motifs is 1. The zero-order chi connectivity index (χ0) is 13.0. The molecule has 0 unspecified atom stereocenters. The molecule has 1 N–H and O–H groups in total. The minimum absolute atomic E-state index is 0.901. The van der Waals surface area contributed by atoms with Crippen molar-refractivity contribution in [1.29, 1.82) is 0 Å². The van der Waals surface area contributed by atoms with E-state index in [2.05, 4.69) is 50.1 Å². The smallest absolute Gasteiger partial charge is 0.112 e. The van der Waals surface area contributed by atoms with Crippen LogP contribution in [0.25, 0.3) is 11.0 Å². The lowest BCUT2D eigenvalue weighted by Crippen LogP contribution is -2.24. The van der Waals surface area contributed by atoms with Crippen LogP contribution in [0.2, 0.25) is 0 Å². The molecule has 0 radical (unpaired) electrons. The molecule has 0 aliphatic carbocycles. The lowest BCUT2D eigenvalue weighted by molar-refractivity contribution is 0.367. The van der Waals surface area contributed by atoms with Gasteiger partial charge in [0.15, 0.2) is 0 Å². The molecule has 2 rings (SSSR count). The number of anilines is 1. The van der Waals surface area contributed by atoms with E-state index in [-0.39, 0.29) is 0 Å². The molecule has 96 valence electrons. The highest BCUT2D eigenvalue weighted by atomic mass is 79.9. The number of halogens is 1. The lowest BCUT2D eigenvalue weighted by atomic mass is 10.3. The molecule has 4 nitrogen and oxygen atoms in total. The van der Waals surface area contributed by atoms with Crippen molar-refractivity contribution in [1.82, 2.24) is 14.9 Å². The molecule has 0 aromatic carbocycles. The highest BCUT2D eigenvalue weighted by molar-refractivity contribution is 9.10. The van der Waals surface area contributed by atoms with Crippen molar-refractivity contribution in [2.24, 2.45) is 0 Å². The van der Waals surface area contributed by atoms with E-state index < -0.39 is 0 Å². The fraction of sp³-hybridized carbons (Fsp3) is 0.385. The zero-order valence-corrected chi connectivity index (χ0v) is 12.2. The molecule has 2 aromatic rings. The Kier molecular flexibility index (Phi) is 4.49. The van der Waals surface area contributed by atoms with Crippen molar-refractivity contribution in [3.05, 3.63) is 29.0 Å². The van der Waals surface area contributed by atoms with Crippen molar-refractivity contribution in [3.63, 3.8) is 0 Å². The molecular weight excluding hydrogens is 292 g/mol. The number of likely N-dealkylation sites (N-methyl/N-ethyl adjacent to an activating group) is 1. The number of nitrogens with zero attached hydrogens (tertiary/aromatic N) is 3. The van der Waals surface area contributed by atoms with Gasteiger partial charge in [-0.3, -0.25) is 9.97 Å². The summed E-state index contributed by atoms with van der Waals surface area (Å²) in [6, 6.07) is 3.95. The van der Waals surface area contributed by atoms with E-state index in [9.17, 15) is 0 Å². The molecule has 0 bridgehead atoms. The molecule has 5 heteroatoms. The van der Waals surface area contributed by atoms with Crippen LogP contribution in [0.1, 0.15) is 6.92 Å². The number of aromatic nitrogens is 2. The monoisotopic (exact) mass is 308 g/mol. The van der Waals surface area contributed by atoms with E-state index in [0.29, 0.717) is 0 Å². The Labute approximate surface area is 116 Å². The van der Waals surface area contributed by atoms with Gasteiger partial charge in [-0.1, -0.05) is 6.92 Å². The van der Waals surface area contributed by atoms with Crippen LogP contribution in [-0.4, -0.2) is 41.5 Å². The zero-order valence-electron chi connectivity index (χ0n) is 10.7. The molecule has 0 spiro atoms. The summed E-state index contributed by atoms with van der Waals surface area (Å²) in [5.41, 5.74) is 2.86. The van der Waals surface area contributed by atoms with Crippen LogP contribution < -0.4 is 5.32 Å². The number of nitrogens with one attached hydrogen (secondary N) is 1. The van der Waals surface area contributed by atoms with Crippen LogP contribution in [0, 0.1) is 0 Å². The molecule has 0 amide bonds. The van der Waals surface area contributed by atoms with E-state index in [4.69, 9.17) is 0 Å². The molecule has 0 fully saturated rings. The Morgan fingerprint density at radius 1 is 1.39 bits per heavy atom. The minimum Gasteiger partial charge on any atom is -0.382 e. The first-order valence-electron chi connectivity index (χ1n) is 6.03. The second-order valence-corrected chi connectivity index (χ2v) is 5.12. The number of rotatable bonds is 5. The van der Waals surface area contributed by atoms with Gasteiger partial charge in [-0.2, -0.15) is 0 Å². The topological polar surface area (TPSA) is 41.0 Å². The number of hydrogen-bond acceptors (Lipinski definition) is 4. The highest BCUT2D eigenvalue weighted by Gasteiger charge is 2.03. The van der Waals surface area contributed by atoms with Crippen LogP contribution in [0.15, 0.2) is 29.0 Å². The first kappa shape index (κ1) is 13.2. The third-order valence-corrected chi connectivity index (χ3v) is 3.33. The Balaban J connectivity index is 2.13. The molecule has 0 aliphatic rings. The molecule has 18 heavy (non-hydrogen) atoms. The van der Waals surface area contributed by atoms with Gasteiger partial charge in [0.05, 0.1) is 11.2 Å². The predicted molar refractivity (Wildman–Crippen MR) is 78.9 cm³/mol. The third kappa shape index (κ3) is 3.17. The summed E-state index contributed by atoms with van der Waals surface area (Å²) in [6.45, 7) is 5.13. The van der Waals surface area contributed by atoms with Gasteiger partial charge in [-0.05, 0) is 41.7 Å². The van der Waals surface area contributed by atoms with E-state index in [1.165, 1.54) is 0 Å². The molecule has 0 saturated heterocycles. The van der Waals surface area contributed by atoms with Crippen LogP contribution in [0.5, 0.6) is 0 Å². The second kappa shape index (κ2) is 6.11. The third-order valence-electron chi connectivity index (χ3n) is 2.89. The standard InChI is InChI=1S/C13H17BrN4/c1-3-18(2)7-6-16-11-4-5-15-12-8-10(14)9-17-13(11)12/h4-5,8-9H,3,6-7H2,1-2H3,(H,15,16). The largest absolute Gasteiger partial charge is 0.382 e. The average molecular weight is 309 g/mol. The highest BCUT2D eigenvalue weighted by Crippen LogP contribution is 2.21. The fourth-order valence-corrected chi connectivity index (χ4v) is 2.01. The van der Waals surface area contributed by atoms with Gasteiger partial charge >= 0.3 is 0 Å². The normalized spacial score (nSPS) is 11.1. The molecule has 0 aliphatic heterocycles. The van der Waals surface area contributed by atoms with Crippen molar-refractivity contribution in [2.75, 3.05) is 32.0 Å². The van der Waals surface area contributed by atoms with E-state index in [1.807, 2.05) is 18.3 Å². The molecule has 2 heterocycles. The second-order valence-electron chi connectivity index (χ2n) is 4.20. The Hall–Kier alpha value is -1.20. The average Bonchev–Trinajstić information content (AvgIpc) is 2.38. The Morgan fingerprint density at radius 3 is 3.00 bits per heavy atom. The van der Waals surface area contributed by atoms with Crippen LogP contribution >= 0.6 is 15.9 Å². The maximum absolute atomic E-state index is 4.41. The van der Waals surface area contributed by atoms with Crippen molar-refractivity contribution in [3.8, 4) is 0 Å². The molecular formula is C13H17BrN4. The Morgan fingerprint density at radius 2 is 2.22 bits per heavy atom. The Bertz CT molecular complexity index is 529. The van der Waals surface area contributed by atoms with Crippen LogP contribution in [0.4, 0.5) is 5.69 Å². The summed E-state index contributed by atoms with van der Waals surface area (Å²) in [5.74, 6) is 0. The summed E-state index contributed by atoms with van der Waals surface area (Å²) < 4.78 is 0.949.